The van der Waals surface area contributed by atoms with Crippen LogP contribution >= 0.6 is 0 Å². The largest absolute Gasteiger partial charge is 0.346 e. The van der Waals surface area contributed by atoms with E-state index in [9.17, 15) is 0 Å². The van der Waals surface area contributed by atoms with Gasteiger partial charge in [0.1, 0.15) is 5.65 Å². The number of nitrogens with one attached hydrogen (secondary N) is 2. The van der Waals surface area contributed by atoms with Crippen LogP contribution in [0.2, 0.25) is 0 Å². The molecule has 1 saturated heterocycles. The predicted octanol–water partition coefficient (Wildman–Crippen LogP) is 5.90. The van der Waals surface area contributed by atoms with Crippen molar-refractivity contribution in [2.45, 2.75) is 70.9 Å². The molecule has 2 aromatic heterocycles. The maximum atomic E-state index is 4.73. The van der Waals surface area contributed by atoms with E-state index in [1.54, 1.807) is 16.7 Å². The van der Waals surface area contributed by atoms with Crippen molar-refractivity contribution in [2.75, 3.05) is 19.6 Å². The first kappa shape index (κ1) is 20.4. The molecule has 0 radical (unpaired) electrons. The molecule has 168 valence electrons. The zero-order valence-electron chi connectivity index (χ0n) is 19.4. The number of aromatic nitrogens is 2. The van der Waals surface area contributed by atoms with Crippen LogP contribution in [0.4, 0.5) is 0 Å². The van der Waals surface area contributed by atoms with Crippen LogP contribution in [0.15, 0.2) is 30.6 Å². The summed E-state index contributed by atoms with van der Waals surface area (Å²) in [4.78, 5) is 10.8. The third kappa shape index (κ3) is 3.88. The Morgan fingerprint density at radius 3 is 2.78 bits per heavy atom. The number of hydrogen-bond donors (Lipinski definition) is 2. The summed E-state index contributed by atoms with van der Waals surface area (Å²) in [5.74, 6) is 0.910. The van der Waals surface area contributed by atoms with Crippen LogP contribution in [-0.4, -0.2) is 34.5 Å². The van der Waals surface area contributed by atoms with Gasteiger partial charge in [-0.25, -0.2) is 4.98 Å². The van der Waals surface area contributed by atoms with Gasteiger partial charge in [-0.1, -0.05) is 19.3 Å². The topological polar surface area (TPSA) is 44.0 Å². The fourth-order valence-corrected chi connectivity index (χ4v) is 6.40. The van der Waals surface area contributed by atoms with Gasteiger partial charge in [-0.3, -0.25) is 4.90 Å². The first-order valence-corrected chi connectivity index (χ1v) is 12.8. The van der Waals surface area contributed by atoms with Crippen molar-refractivity contribution >= 4 is 11.0 Å². The smallest absolute Gasteiger partial charge is 0.137 e. The molecular weight excluding hydrogens is 392 g/mol. The summed E-state index contributed by atoms with van der Waals surface area (Å²) in [6.45, 7) is 6.93. The standard InChI is InChI=1S/C28H36N4/c1-19-15-30-28-25(19)14-22(16-31-28)21-12-23-18-32(17-20-6-3-2-4-7-20)11-9-24(23)26(13-21)27-8-5-10-29-27/h12-16,20,27,29H,2-11,17-18H2,1H3,(H,30,31). The number of benzene rings is 1. The maximum Gasteiger partial charge on any atom is 0.137 e. The van der Waals surface area contributed by atoms with Crippen molar-refractivity contribution in [2.24, 2.45) is 5.92 Å². The SMILES string of the molecule is Cc1c[nH]c2ncc(-c3cc4c(c(C5CCCN5)c3)CCN(CC3CCCCC3)C4)cc12. The number of hydrogen-bond acceptors (Lipinski definition) is 3. The highest BCUT2D eigenvalue weighted by molar-refractivity contribution is 5.84. The molecule has 1 aliphatic carbocycles. The Morgan fingerprint density at radius 2 is 1.94 bits per heavy atom. The number of aryl methyl sites for hydroxylation is 1. The van der Waals surface area contributed by atoms with E-state index in [4.69, 9.17) is 4.98 Å². The van der Waals surface area contributed by atoms with Gasteiger partial charge in [-0.15, -0.1) is 0 Å². The Labute approximate surface area is 191 Å². The molecule has 1 saturated carbocycles. The van der Waals surface area contributed by atoms with Gasteiger partial charge < -0.3 is 10.3 Å². The van der Waals surface area contributed by atoms with Gasteiger partial charge in [-0.2, -0.15) is 0 Å². The van der Waals surface area contributed by atoms with E-state index in [1.165, 1.54) is 86.5 Å². The van der Waals surface area contributed by atoms with Gasteiger partial charge in [0.25, 0.3) is 0 Å². The van der Waals surface area contributed by atoms with Crippen LogP contribution in [0.25, 0.3) is 22.2 Å². The highest BCUT2D eigenvalue weighted by atomic mass is 15.1. The molecule has 4 nitrogen and oxygen atoms in total. The van der Waals surface area contributed by atoms with E-state index >= 15 is 0 Å². The molecule has 3 aliphatic rings. The fourth-order valence-electron chi connectivity index (χ4n) is 6.40. The van der Waals surface area contributed by atoms with Crippen LogP contribution in [0.5, 0.6) is 0 Å². The molecule has 1 unspecified atom stereocenters. The lowest BCUT2D eigenvalue weighted by Gasteiger charge is -2.35. The number of aromatic amines is 1. The molecule has 6 rings (SSSR count). The highest BCUT2D eigenvalue weighted by Gasteiger charge is 2.27. The summed E-state index contributed by atoms with van der Waals surface area (Å²) in [5.41, 5.74) is 9.56. The first-order valence-electron chi connectivity index (χ1n) is 12.8. The predicted molar refractivity (Wildman–Crippen MR) is 132 cm³/mol. The third-order valence-electron chi connectivity index (χ3n) is 8.20. The summed E-state index contributed by atoms with van der Waals surface area (Å²) >= 11 is 0. The van der Waals surface area contributed by atoms with Crippen molar-refractivity contribution in [3.05, 3.63) is 52.8 Å². The molecule has 4 heterocycles. The van der Waals surface area contributed by atoms with E-state index in [2.05, 4.69) is 52.7 Å². The second-order valence-electron chi connectivity index (χ2n) is 10.4. The number of pyridine rings is 1. The molecular formula is C28H36N4. The van der Waals surface area contributed by atoms with Crippen molar-refractivity contribution in [3.63, 3.8) is 0 Å². The molecule has 3 aromatic rings. The van der Waals surface area contributed by atoms with E-state index < -0.39 is 0 Å². The van der Waals surface area contributed by atoms with Gasteiger partial charge in [0.05, 0.1) is 0 Å². The highest BCUT2D eigenvalue weighted by Crippen LogP contribution is 2.37. The van der Waals surface area contributed by atoms with Crippen molar-refractivity contribution in [1.29, 1.82) is 0 Å². The Bertz CT molecular complexity index is 1100. The first-order chi connectivity index (χ1) is 15.7. The molecule has 2 fully saturated rings. The van der Waals surface area contributed by atoms with Crippen LogP contribution in [-0.2, 0) is 13.0 Å². The summed E-state index contributed by atoms with van der Waals surface area (Å²) in [6, 6.07) is 7.79. The zero-order valence-corrected chi connectivity index (χ0v) is 19.4. The second-order valence-corrected chi connectivity index (χ2v) is 10.4. The van der Waals surface area contributed by atoms with E-state index in [1.807, 2.05) is 0 Å². The minimum atomic E-state index is 0.513. The number of fused-ring (bicyclic) bond motifs is 2. The molecule has 1 atom stereocenters. The number of rotatable bonds is 4. The van der Waals surface area contributed by atoms with Crippen LogP contribution in [0.1, 0.15) is 73.2 Å². The lowest BCUT2D eigenvalue weighted by atomic mass is 9.85. The van der Waals surface area contributed by atoms with Crippen LogP contribution < -0.4 is 5.32 Å². The maximum absolute atomic E-state index is 4.73. The lowest BCUT2D eigenvalue weighted by Crippen LogP contribution is -2.36. The van der Waals surface area contributed by atoms with Gasteiger partial charge in [0, 0.05) is 49.0 Å². The zero-order chi connectivity index (χ0) is 21.5. The monoisotopic (exact) mass is 428 g/mol. The molecule has 4 heteroatoms. The molecule has 2 aliphatic heterocycles. The molecule has 1 aromatic carbocycles. The van der Waals surface area contributed by atoms with E-state index in [0.29, 0.717) is 6.04 Å². The fraction of sp³-hybridized carbons (Fsp3) is 0.536. The minimum Gasteiger partial charge on any atom is -0.346 e. The Morgan fingerprint density at radius 1 is 1.03 bits per heavy atom. The summed E-state index contributed by atoms with van der Waals surface area (Å²) in [7, 11) is 0. The number of nitrogens with zero attached hydrogens (tertiary/aromatic N) is 2. The molecule has 2 N–H and O–H groups in total. The van der Waals surface area contributed by atoms with Crippen molar-refractivity contribution in [1.82, 2.24) is 20.2 Å². The average molecular weight is 429 g/mol. The van der Waals surface area contributed by atoms with Crippen molar-refractivity contribution < 1.29 is 0 Å². The number of H-pyrrole nitrogens is 1. The Balaban J connectivity index is 1.36. The quantitative estimate of drug-likeness (QED) is 0.544. The average Bonchev–Trinajstić information content (AvgIpc) is 3.49. The van der Waals surface area contributed by atoms with Crippen LogP contribution in [0.3, 0.4) is 0 Å². The Kier molecular flexibility index (Phi) is 5.52. The van der Waals surface area contributed by atoms with Gasteiger partial charge >= 0.3 is 0 Å². The Hall–Kier alpha value is -2.17. The molecule has 32 heavy (non-hydrogen) atoms. The summed E-state index contributed by atoms with van der Waals surface area (Å²) in [5, 5.41) is 5.01. The summed E-state index contributed by atoms with van der Waals surface area (Å²) < 4.78 is 0. The van der Waals surface area contributed by atoms with Gasteiger partial charge in [0.2, 0.25) is 0 Å². The normalized spacial score (nSPS) is 22.5. The minimum absolute atomic E-state index is 0.513. The molecule has 0 bridgehead atoms. The van der Waals surface area contributed by atoms with E-state index in [-0.39, 0.29) is 0 Å². The second kappa shape index (κ2) is 8.64. The van der Waals surface area contributed by atoms with Crippen LogP contribution in [0, 0.1) is 12.8 Å². The molecule has 0 spiro atoms. The third-order valence-corrected chi connectivity index (χ3v) is 8.20. The summed E-state index contributed by atoms with van der Waals surface area (Å²) in [6.07, 6.45) is 15.0. The van der Waals surface area contributed by atoms with Gasteiger partial charge in [0.15, 0.2) is 0 Å². The lowest BCUT2D eigenvalue weighted by molar-refractivity contribution is 0.186. The van der Waals surface area contributed by atoms with Crippen molar-refractivity contribution in [3.8, 4) is 11.1 Å². The molecule has 0 amide bonds. The van der Waals surface area contributed by atoms with E-state index in [0.717, 1.165) is 24.7 Å². The van der Waals surface area contributed by atoms with Gasteiger partial charge in [-0.05, 0) is 97.5 Å².